The van der Waals surface area contributed by atoms with E-state index in [1.54, 1.807) is 0 Å². The molecule has 0 saturated heterocycles. The minimum absolute atomic E-state index is 0.470. The summed E-state index contributed by atoms with van der Waals surface area (Å²) in [5.41, 5.74) is 6.79. The van der Waals surface area contributed by atoms with Crippen LogP contribution in [0.3, 0.4) is 0 Å². The highest BCUT2D eigenvalue weighted by molar-refractivity contribution is 6.15. The van der Waals surface area contributed by atoms with Crippen molar-refractivity contribution in [2.75, 3.05) is 23.4 Å². The Balaban J connectivity index is 2.02. The van der Waals surface area contributed by atoms with Gasteiger partial charge in [-0.15, -0.1) is 0 Å². The number of hydrogen-bond acceptors (Lipinski definition) is 2. The van der Waals surface area contributed by atoms with Gasteiger partial charge in [0.15, 0.2) is 0 Å². The number of nitrogens with zero attached hydrogens (tertiary/aromatic N) is 2. The monoisotopic (exact) mass is 286 g/mol. The van der Waals surface area contributed by atoms with Gasteiger partial charge >= 0.3 is 0 Å². The predicted molar refractivity (Wildman–Crippen MR) is 94.3 cm³/mol. The van der Waals surface area contributed by atoms with Crippen molar-refractivity contribution in [3.63, 3.8) is 0 Å². The molecule has 108 valence electrons. The zero-order valence-corrected chi connectivity index (χ0v) is 12.9. The molecule has 0 N–H and O–H groups in total. The summed E-state index contributed by atoms with van der Waals surface area (Å²) < 4.78 is 0. The molecule has 0 bridgehead atoms. The van der Waals surface area contributed by atoms with E-state index in [2.05, 4.69) is 78.4 Å². The van der Waals surface area contributed by atoms with Gasteiger partial charge in [0.2, 0.25) is 0 Å². The lowest BCUT2D eigenvalue weighted by Gasteiger charge is -2.45. The average molecular weight is 286 g/mol. The van der Waals surface area contributed by atoms with Crippen LogP contribution in [0.15, 0.2) is 54.6 Å². The van der Waals surface area contributed by atoms with Gasteiger partial charge in [0, 0.05) is 36.3 Å². The number of para-hydroxylation sites is 1. The number of likely N-dealkylation sites (N-methyl/N-ethyl adjacent to an activating group) is 1. The van der Waals surface area contributed by atoms with Crippen LogP contribution in [0.2, 0.25) is 0 Å². The van der Waals surface area contributed by atoms with E-state index in [4.69, 9.17) is 0 Å². The molecule has 0 aromatic heterocycles. The molecule has 2 nitrogen and oxygen atoms in total. The first-order chi connectivity index (χ1) is 10.8. The van der Waals surface area contributed by atoms with Crippen molar-refractivity contribution in [3.8, 4) is 11.1 Å². The average Bonchev–Trinajstić information content (AvgIpc) is 2.54. The highest BCUT2D eigenvalue weighted by Crippen LogP contribution is 2.53. The molecule has 3 aromatic rings. The summed E-state index contributed by atoms with van der Waals surface area (Å²) in [6, 6.07) is 20.5. The van der Waals surface area contributed by atoms with Gasteiger partial charge in [0.05, 0.1) is 11.4 Å². The number of hydrogen-bond donors (Lipinski definition) is 0. The lowest BCUT2D eigenvalue weighted by atomic mass is 9.88. The second-order valence-electron chi connectivity index (χ2n) is 6.45. The Kier molecular flexibility index (Phi) is 2.22. The van der Waals surface area contributed by atoms with Crippen molar-refractivity contribution in [3.05, 3.63) is 54.6 Å². The van der Waals surface area contributed by atoms with E-state index >= 15 is 0 Å². The minimum atomic E-state index is 0.470. The van der Waals surface area contributed by atoms with Crippen LogP contribution in [0.5, 0.6) is 0 Å². The van der Waals surface area contributed by atoms with Gasteiger partial charge in [-0.2, -0.15) is 0 Å². The number of fused-ring (bicyclic) bond motifs is 3. The summed E-state index contributed by atoms with van der Waals surface area (Å²) in [5, 5.41) is 2.73. The minimum Gasteiger partial charge on any atom is -0.371 e. The van der Waals surface area contributed by atoms with E-state index in [1.807, 2.05) is 0 Å². The summed E-state index contributed by atoms with van der Waals surface area (Å²) in [6.45, 7) is 3.37. The van der Waals surface area contributed by atoms with E-state index in [9.17, 15) is 0 Å². The van der Waals surface area contributed by atoms with Crippen molar-refractivity contribution in [1.29, 1.82) is 0 Å². The summed E-state index contributed by atoms with van der Waals surface area (Å²) in [6.07, 6.45) is 0. The van der Waals surface area contributed by atoms with Crippen molar-refractivity contribution in [2.45, 2.75) is 13.0 Å². The lowest BCUT2D eigenvalue weighted by molar-refractivity contribution is 0.671. The first-order valence-corrected chi connectivity index (χ1v) is 7.91. The molecular formula is C20H18N2. The first kappa shape index (κ1) is 12.1. The molecule has 2 aliphatic rings. The number of anilines is 3. The maximum absolute atomic E-state index is 2.54. The summed E-state index contributed by atoms with van der Waals surface area (Å²) in [4.78, 5) is 4.93. The number of rotatable bonds is 0. The van der Waals surface area contributed by atoms with Crippen LogP contribution in [0.1, 0.15) is 6.92 Å². The zero-order valence-electron chi connectivity index (χ0n) is 12.9. The zero-order chi connectivity index (χ0) is 14.8. The summed E-state index contributed by atoms with van der Waals surface area (Å²) in [5.74, 6) is 0. The predicted octanol–water partition coefficient (Wildman–Crippen LogP) is 4.80. The van der Waals surface area contributed by atoms with Crippen molar-refractivity contribution >= 4 is 27.8 Å². The standard InChI is InChI=1S/C20H18N2/c1-13-12-21(2)18-11-10-14-6-5-8-16-15-7-3-4-9-17(15)22(13)20(18)19(14)16/h3-11,13H,12H2,1-2H3. The molecule has 0 amide bonds. The van der Waals surface area contributed by atoms with Gasteiger partial charge in [-0.1, -0.05) is 42.5 Å². The molecule has 0 saturated carbocycles. The molecule has 22 heavy (non-hydrogen) atoms. The maximum atomic E-state index is 2.54. The fourth-order valence-electron chi connectivity index (χ4n) is 4.19. The Morgan fingerprint density at radius 2 is 1.68 bits per heavy atom. The molecule has 2 heterocycles. The van der Waals surface area contributed by atoms with Crippen molar-refractivity contribution < 1.29 is 0 Å². The third-order valence-corrected chi connectivity index (χ3v) is 5.08. The van der Waals surface area contributed by atoms with Gasteiger partial charge in [-0.25, -0.2) is 0 Å². The molecule has 0 aliphatic carbocycles. The van der Waals surface area contributed by atoms with Crippen LogP contribution in [-0.2, 0) is 0 Å². The van der Waals surface area contributed by atoms with E-state index < -0.39 is 0 Å². The van der Waals surface area contributed by atoms with Crippen LogP contribution >= 0.6 is 0 Å². The molecule has 0 radical (unpaired) electrons. The molecule has 3 aromatic carbocycles. The lowest BCUT2D eigenvalue weighted by Crippen LogP contribution is -2.44. The quantitative estimate of drug-likeness (QED) is 0.586. The molecule has 1 unspecified atom stereocenters. The van der Waals surface area contributed by atoms with Crippen LogP contribution in [0, 0.1) is 0 Å². The smallest absolute Gasteiger partial charge is 0.0737 e. The van der Waals surface area contributed by atoms with E-state index in [1.165, 1.54) is 39.0 Å². The Hall–Kier alpha value is -2.48. The third kappa shape index (κ3) is 1.35. The van der Waals surface area contributed by atoms with Gasteiger partial charge in [0.1, 0.15) is 0 Å². The second kappa shape index (κ2) is 4.04. The topological polar surface area (TPSA) is 6.48 Å². The molecule has 0 spiro atoms. The van der Waals surface area contributed by atoms with Crippen molar-refractivity contribution in [1.82, 2.24) is 0 Å². The SMILES string of the molecule is CC1CN(C)c2ccc3cccc4c3c2N1c1ccccc1-4. The van der Waals surface area contributed by atoms with E-state index in [0.717, 1.165) is 6.54 Å². The third-order valence-electron chi connectivity index (χ3n) is 5.08. The highest BCUT2D eigenvalue weighted by atomic mass is 15.3. The number of benzene rings is 3. The van der Waals surface area contributed by atoms with Crippen LogP contribution < -0.4 is 9.80 Å². The summed E-state index contributed by atoms with van der Waals surface area (Å²) >= 11 is 0. The van der Waals surface area contributed by atoms with Gasteiger partial charge in [-0.05, 0) is 30.0 Å². The molecule has 1 atom stereocenters. The largest absolute Gasteiger partial charge is 0.371 e. The Labute approximate surface area is 130 Å². The van der Waals surface area contributed by atoms with Gasteiger partial charge in [-0.3, -0.25) is 0 Å². The Morgan fingerprint density at radius 1 is 0.864 bits per heavy atom. The van der Waals surface area contributed by atoms with Crippen LogP contribution in [-0.4, -0.2) is 19.6 Å². The normalized spacial score (nSPS) is 18.5. The van der Waals surface area contributed by atoms with Gasteiger partial charge in [0.25, 0.3) is 0 Å². The Bertz CT molecular complexity index is 913. The molecule has 2 heteroatoms. The molecular weight excluding hydrogens is 268 g/mol. The summed E-state index contributed by atoms with van der Waals surface area (Å²) in [7, 11) is 2.20. The molecule has 5 rings (SSSR count). The first-order valence-electron chi connectivity index (χ1n) is 7.91. The fourth-order valence-corrected chi connectivity index (χ4v) is 4.19. The highest BCUT2D eigenvalue weighted by Gasteiger charge is 2.34. The maximum Gasteiger partial charge on any atom is 0.0737 e. The van der Waals surface area contributed by atoms with Gasteiger partial charge < -0.3 is 9.80 Å². The Morgan fingerprint density at radius 3 is 2.59 bits per heavy atom. The second-order valence-corrected chi connectivity index (χ2v) is 6.45. The molecule has 2 aliphatic heterocycles. The van der Waals surface area contributed by atoms with Crippen LogP contribution in [0.25, 0.3) is 21.9 Å². The molecule has 0 fully saturated rings. The van der Waals surface area contributed by atoms with Crippen molar-refractivity contribution in [2.24, 2.45) is 0 Å². The van der Waals surface area contributed by atoms with Crippen LogP contribution in [0.4, 0.5) is 17.1 Å². The van der Waals surface area contributed by atoms with E-state index in [-0.39, 0.29) is 0 Å². The fraction of sp³-hybridized carbons (Fsp3) is 0.200. The van der Waals surface area contributed by atoms with E-state index in [0.29, 0.717) is 6.04 Å².